The molecular formula is C13H13Cl2N3O2. The van der Waals surface area contributed by atoms with E-state index in [1.54, 1.807) is 17.8 Å². The lowest BCUT2D eigenvalue weighted by Crippen LogP contribution is -2.14. The highest BCUT2D eigenvalue weighted by Gasteiger charge is 2.15. The van der Waals surface area contributed by atoms with Crippen LogP contribution in [0.25, 0.3) is 0 Å². The summed E-state index contributed by atoms with van der Waals surface area (Å²) in [4.78, 5) is 12.2. The summed E-state index contributed by atoms with van der Waals surface area (Å²) in [5.41, 5.74) is 1.16. The first-order chi connectivity index (χ1) is 9.42. The summed E-state index contributed by atoms with van der Waals surface area (Å²) in [5, 5.41) is 7.46. The molecule has 0 bridgehead atoms. The number of aryl methyl sites for hydroxylation is 2. The number of benzene rings is 1. The molecule has 20 heavy (non-hydrogen) atoms. The van der Waals surface area contributed by atoms with E-state index in [1.807, 2.05) is 6.92 Å². The standard InChI is InChI=1S/C13H13Cl2N3O2/c1-7-4-11(18(2)17-7)16-13(19)8-5-9(14)12(20-3)10(15)6-8/h4-6H,1-3H3,(H,16,19). The maximum Gasteiger partial charge on any atom is 0.256 e. The maximum absolute atomic E-state index is 12.2. The summed E-state index contributed by atoms with van der Waals surface area (Å²) >= 11 is 12.0. The minimum Gasteiger partial charge on any atom is -0.494 e. The minimum absolute atomic E-state index is 0.284. The number of hydrogen-bond donors (Lipinski definition) is 1. The van der Waals surface area contributed by atoms with Crippen molar-refractivity contribution in [2.45, 2.75) is 6.92 Å². The first-order valence-electron chi connectivity index (χ1n) is 5.77. The van der Waals surface area contributed by atoms with Gasteiger partial charge in [-0.15, -0.1) is 0 Å². The Kier molecular flexibility index (Phi) is 4.20. The lowest BCUT2D eigenvalue weighted by molar-refractivity contribution is 0.102. The third-order valence-electron chi connectivity index (χ3n) is 2.71. The van der Waals surface area contributed by atoms with Gasteiger partial charge in [-0.1, -0.05) is 23.2 Å². The number of methoxy groups -OCH3 is 1. The van der Waals surface area contributed by atoms with Crippen LogP contribution >= 0.6 is 23.2 Å². The Balaban J connectivity index is 2.28. The van der Waals surface area contributed by atoms with Crippen LogP contribution in [0.4, 0.5) is 5.82 Å². The molecule has 106 valence electrons. The highest BCUT2D eigenvalue weighted by molar-refractivity contribution is 6.37. The first-order valence-corrected chi connectivity index (χ1v) is 6.53. The smallest absolute Gasteiger partial charge is 0.256 e. The minimum atomic E-state index is -0.320. The average Bonchev–Trinajstić information content (AvgIpc) is 2.67. The maximum atomic E-state index is 12.2. The third-order valence-corrected chi connectivity index (χ3v) is 3.27. The molecule has 0 saturated carbocycles. The number of hydrogen-bond acceptors (Lipinski definition) is 3. The van der Waals surface area contributed by atoms with Crippen LogP contribution in [0, 0.1) is 6.92 Å². The molecule has 7 heteroatoms. The second-order valence-corrected chi connectivity index (χ2v) is 5.04. The van der Waals surface area contributed by atoms with Crippen molar-refractivity contribution in [1.29, 1.82) is 0 Å². The van der Waals surface area contributed by atoms with Crippen LogP contribution in [0.3, 0.4) is 0 Å². The quantitative estimate of drug-likeness (QED) is 0.946. The molecule has 0 aliphatic rings. The van der Waals surface area contributed by atoms with Crippen LogP contribution in [0.2, 0.25) is 10.0 Å². The van der Waals surface area contributed by atoms with Gasteiger partial charge in [-0.2, -0.15) is 5.10 Å². The van der Waals surface area contributed by atoms with Gasteiger partial charge < -0.3 is 10.1 Å². The SMILES string of the molecule is COc1c(Cl)cc(C(=O)Nc2cc(C)nn2C)cc1Cl. The summed E-state index contributed by atoms with van der Waals surface area (Å²) in [6, 6.07) is 4.78. The van der Waals surface area contributed by atoms with E-state index in [-0.39, 0.29) is 16.0 Å². The molecular weight excluding hydrogens is 301 g/mol. The van der Waals surface area contributed by atoms with Crippen molar-refractivity contribution >= 4 is 34.9 Å². The van der Waals surface area contributed by atoms with Gasteiger partial charge in [0, 0.05) is 18.7 Å². The van der Waals surface area contributed by atoms with Crippen molar-refractivity contribution in [3.05, 3.63) is 39.5 Å². The number of nitrogens with zero attached hydrogens (tertiary/aromatic N) is 2. The Morgan fingerprint density at radius 3 is 2.35 bits per heavy atom. The summed E-state index contributed by atoms with van der Waals surface area (Å²) in [6.45, 7) is 1.84. The van der Waals surface area contributed by atoms with Gasteiger partial charge >= 0.3 is 0 Å². The van der Waals surface area contributed by atoms with Crippen molar-refractivity contribution in [2.75, 3.05) is 12.4 Å². The number of ether oxygens (including phenoxy) is 1. The zero-order valence-corrected chi connectivity index (χ0v) is 12.7. The van der Waals surface area contributed by atoms with E-state index >= 15 is 0 Å². The topological polar surface area (TPSA) is 56.1 Å². The van der Waals surface area contributed by atoms with Gasteiger partial charge in [0.05, 0.1) is 22.8 Å². The molecule has 1 aromatic heterocycles. The molecule has 0 fully saturated rings. The Hall–Kier alpha value is -1.72. The first kappa shape index (κ1) is 14.7. The summed E-state index contributed by atoms with van der Waals surface area (Å²) < 4.78 is 6.62. The largest absolute Gasteiger partial charge is 0.494 e. The van der Waals surface area contributed by atoms with E-state index in [4.69, 9.17) is 27.9 Å². The van der Waals surface area contributed by atoms with Crippen LogP contribution < -0.4 is 10.1 Å². The van der Waals surface area contributed by atoms with Crippen LogP contribution in [-0.2, 0) is 7.05 Å². The molecule has 0 spiro atoms. The molecule has 5 nitrogen and oxygen atoms in total. The highest BCUT2D eigenvalue weighted by atomic mass is 35.5. The average molecular weight is 314 g/mol. The van der Waals surface area contributed by atoms with Gasteiger partial charge in [0.1, 0.15) is 5.82 Å². The number of carbonyl (C=O) groups excluding carboxylic acids is 1. The van der Waals surface area contributed by atoms with Crippen molar-refractivity contribution in [3.8, 4) is 5.75 Å². The molecule has 2 aromatic rings. The zero-order chi connectivity index (χ0) is 14.9. The molecule has 0 saturated heterocycles. The Morgan fingerprint density at radius 2 is 1.90 bits per heavy atom. The molecule has 1 amide bonds. The highest BCUT2D eigenvalue weighted by Crippen LogP contribution is 2.33. The van der Waals surface area contributed by atoms with Gasteiger partial charge in [0.15, 0.2) is 5.75 Å². The van der Waals surface area contributed by atoms with Crippen LogP contribution in [0.1, 0.15) is 16.1 Å². The lowest BCUT2D eigenvalue weighted by atomic mass is 10.2. The van der Waals surface area contributed by atoms with Gasteiger partial charge in [-0.3, -0.25) is 9.48 Å². The number of amides is 1. The van der Waals surface area contributed by atoms with Crippen LogP contribution in [0.15, 0.2) is 18.2 Å². The Morgan fingerprint density at radius 1 is 1.30 bits per heavy atom. The van der Waals surface area contributed by atoms with Gasteiger partial charge in [-0.25, -0.2) is 0 Å². The van der Waals surface area contributed by atoms with Crippen LogP contribution in [-0.4, -0.2) is 22.8 Å². The fraction of sp³-hybridized carbons (Fsp3) is 0.231. The molecule has 1 heterocycles. The van der Waals surface area contributed by atoms with Crippen molar-refractivity contribution in [3.63, 3.8) is 0 Å². The van der Waals surface area contributed by atoms with Crippen molar-refractivity contribution in [1.82, 2.24) is 9.78 Å². The summed E-state index contributed by atoms with van der Waals surface area (Å²) in [7, 11) is 3.21. The summed E-state index contributed by atoms with van der Waals surface area (Å²) in [5.74, 6) is 0.622. The zero-order valence-electron chi connectivity index (χ0n) is 11.2. The van der Waals surface area contributed by atoms with Gasteiger partial charge in [0.2, 0.25) is 0 Å². The Bertz CT molecular complexity index is 645. The number of rotatable bonds is 3. The number of anilines is 1. The van der Waals surface area contributed by atoms with Crippen molar-refractivity contribution in [2.24, 2.45) is 7.05 Å². The van der Waals surface area contributed by atoms with E-state index in [9.17, 15) is 4.79 Å². The van der Waals surface area contributed by atoms with Gasteiger partial charge in [0.25, 0.3) is 5.91 Å². The monoisotopic (exact) mass is 313 g/mol. The van der Waals surface area contributed by atoms with Gasteiger partial charge in [-0.05, 0) is 19.1 Å². The molecule has 0 radical (unpaired) electrons. The second kappa shape index (κ2) is 5.73. The molecule has 1 aromatic carbocycles. The fourth-order valence-corrected chi connectivity index (χ4v) is 2.44. The number of carbonyl (C=O) groups is 1. The van der Waals surface area contributed by atoms with E-state index in [0.717, 1.165) is 5.69 Å². The normalized spacial score (nSPS) is 10.4. The Labute approximate surface area is 126 Å². The predicted octanol–water partition coefficient (Wildman–Crippen LogP) is 3.30. The van der Waals surface area contributed by atoms with E-state index in [0.29, 0.717) is 17.1 Å². The number of aromatic nitrogens is 2. The molecule has 0 aliphatic carbocycles. The lowest BCUT2D eigenvalue weighted by Gasteiger charge is -2.09. The van der Waals surface area contributed by atoms with E-state index < -0.39 is 0 Å². The summed E-state index contributed by atoms with van der Waals surface area (Å²) in [6.07, 6.45) is 0. The van der Waals surface area contributed by atoms with E-state index in [2.05, 4.69) is 10.4 Å². The molecule has 1 N–H and O–H groups in total. The third kappa shape index (κ3) is 2.89. The molecule has 0 unspecified atom stereocenters. The molecule has 0 atom stereocenters. The molecule has 0 aliphatic heterocycles. The fourth-order valence-electron chi connectivity index (χ4n) is 1.80. The van der Waals surface area contributed by atoms with Crippen molar-refractivity contribution < 1.29 is 9.53 Å². The van der Waals surface area contributed by atoms with Crippen LogP contribution in [0.5, 0.6) is 5.75 Å². The van der Waals surface area contributed by atoms with E-state index in [1.165, 1.54) is 19.2 Å². The number of nitrogens with one attached hydrogen (secondary N) is 1. The predicted molar refractivity (Wildman–Crippen MR) is 78.9 cm³/mol. The number of halogens is 2. The molecule has 2 rings (SSSR count). The second-order valence-electron chi connectivity index (χ2n) is 4.22.